The van der Waals surface area contributed by atoms with Gasteiger partial charge >= 0.3 is 5.97 Å². The van der Waals surface area contributed by atoms with Crippen LogP contribution in [0.2, 0.25) is 0 Å². The Morgan fingerprint density at radius 2 is 2.22 bits per heavy atom. The summed E-state index contributed by atoms with van der Waals surface area (Å²) in [5, 5.41) is 16.8. The van der Waals surface area contributed by atoms with Crippen LogP contribution >= 0.6 is 11.6 Å². The lowest BCUT2D eigenvalue weighted by atomic mass is 10.2. The molecule has 0 saturated heterocycles. The first-order valence-corrected chi connectivity index (χ1v) is 2.85. The molecule has 9 heavy (non-hydrogen) atoms. The molecule has 0 bridgehead atoms. The average molecular weight is 154 g/mol. The molecule has 0 spiro atoms. The van der Waals surface area contributed by atoms with Crippen molar-refractivity contribution in [2.75, 3.05) is 5.88 Å². The van der Waals surface area contributed by atoms with Gasteiger partial charge in [-0.25, -0.2) is 0 Å². The average Bonchev–Trinajstić information content (AvgIpc) is 1.84. The smallest absolute Gasteiger partial charge is 0.323 e. The second kappa shape index (κ2) is 3.66. The Morgan fingerprint density at radius 3 is 2.33 bits per heavy atom. The summed E-state index contributed by atoms with van der Waals surface area (Å²) in [6.07, 6.45) is -1.16. The zero-order valence-corrected chi connectivity index (χ0v) is 5.38. The third kappa shape index (κ3) is 2.64. The maximum absolute atomic E-state index is 9.96. The molecule has 54 valence electrons. The predicted molar refractivity (Wildman–Crippen MR) is 32.3 cm³/mol. The van der Waals surface area contributed by atoms with Crippen LogP contribution < -0.4 is 5.73 Å². The lowest BCUT2D eigenvalue weighted by molar-refractivity contribution is -0.140. The lowest BCUT2D eigenvalue weighted by Gasteiger charge is -2.09. The van der Waals surface area contributed by atoms with Gasteiger partial charge < -0.3 is 15.9 Å². The third-order valence-corrected chi connectivity index (χ3v) is 1.17. The second-order valence-corrected chi connectivity index (χ2v) is 1.89. The zero-order chi connectivity index (χ0) is 7.44. The zero-order valence-electron chi connectivity index (χ0n) is 4.62. The summed E-state index contributed by atoms with van der Waals surface area (Å²) in [4.78, 5) is 9.96. The van der Waals surface area contributed by atoms with E-state index in [1.54, 1.807) is 0 Å². The van der Waals surface area contributed by atoms with E-state index in [0.717, 1.165) is 0 Å². The Balaban J connectivity index is 3.72. The molecule has 0 aromatic heterocycles. The fourth-order valence-corrected chi connectivity index (χ4v) is 0.453. The topological polar surface area (TPSA) is 83.6 Å². The number of aliphatic hydroxyl groups is 1. The molecule has 4 N–H and O–H groups in total. The fourth-order valence-electron chi connectivity index (χ4n) is 0.261. The highest BCUT2D eigenvalue weighted by molar-refractivity contribution is 6.18. The van der Waals surface area contributed by atoms with Crippen molar-refractivity contribution >= 4 is 17.6 Å². The van der Waals surface area contributed by atoms with Crippen molar-refractivity contribution in [2.45, 2.75) is 12.1 Å². The molecule has 0 aromatic rings. The molecule has 0 aliphatic rings. The van der Waals surface area contributed by atoms with Crippen molar-refractivity contribution in [3.05, 3.63) is 0 Å². The van der Waals surface area contributed by atoms with Gasteiger partial charge in [-0.2, -0.15) is 0 Å². The van der Waals surface area contributed by atoms with Crippen LogP contribution in [0.4, 0.5) is 0 Å². The van der Waals surface area contributed by atoms with E-state index >= 15 is 0 Å². The quantitative estimate of drug-likeness (QED) is 0.454. The highest BCUT2D eigenvalue weighted by atomic mass is 35.5. The van der Waals surface area contributed by atoms with Crippen molar-refractivity contribution in [1.29, 1.82) is 0 Å². The van der Waals surface area contributed by atoms with Gasteiger partial charge in [0.25, 0.3) is 0 Å². The highest BCUT2D eigenvalue weighted by Gasteiger charge is 2.20. The Kier molecular flexibility index (Phi) is 3.53. The molecule has 0 aromatic carbocycles. The number of alkyl halides is 1. The summed E-state index contributed by atoms with van der Waals surface area (Å²) in [5.41, 5.74) is 4.94. The van der Waals surface area contributed by atoms with E-state index in [1.165, 1.54) is 0 Å². The van der Waals surface area contributed by atoms with Gasteiger partial charge in [0, 0.05) is 0 Å². The van der Waals surface area contributed by atoms with Gasteiger partial charge in [0.2, 0.25) is 0 Å². The van der Waals surface area contributed by atoms with E-state index in [1.807, 2.05) is 0 Å². The number of carbonyl (C=O) groups is 1. The maximum Gasteiger partial charge on any atom is 0.323 e. The van der Waals surface area contributed by atoms with Gasteiger partial charge in [-0.05, 0) is 0 Å². The molecule has 0 fully saturated rings. The molecule has 5 heteroatoms. The normalized spacial score (nSPS) is 16.8. The van der Waals surface area contributed by atoms with Crippen LogP contribution in [0.3, 0.4) is 0 Å². The Bertz CT molecular complexity index is 108. The molecule has 0 radical (unpaired) electrons. The summed E-state index contributed by atoms with van der Waals surface area (Å²) >= 11 is 5.10. The molecule has 2 atom stereocenters. The number of rotatable bonds is 3. The monoisotopic (exact) mass is 153 g/mol. The molecule has 0 heterocycles. The number of hydrogen-bond acceptors (Lipinski definition) is 3. The minimum atomic E-state index is -1.28. The van der Waals surface area contributed by atoms with Crippen molar-refractivity contribution in [3.8, 4) is 0 Å². The molecule has 0 saturated carbocycles. The molecular weight excluding hydrogens is 146 g/mol. The van der Waals surface area contributed by atoms with Gasteiger partial charge in [-0.3, -0.25) is 4.79 Å². The van der Waals surface area contributed by atoms with Gasteiger partial charge in [0.1, 0.15) is 6.04 Å². The number of halogens is 1. The summed E-state index contributed by atoms with van der Waals surface area (Å²) < 4.78 is 0. The van der Waals surface area contributed by atoms with E-state index < -0.39 is 18.1 Å². The van der Waals surface area contributed by atoms with Crippen LogP contribution in [-0.4, -0.2) is 34.2 Å². The van der Waals surface area contributed by atoms with Crippen molar-refractivity contribution in [1.82, 2.24) is 0 Å². The number of carboxylic acids is 1. The summed E-state index contributed by atoms with van der Waals surface area (Å²) in [7, 11) is 0. The lowest BCUT2D eigenvalue weighted by Crippen LogP contribution is -2.42. The summed E-state index contributed by atoms with van der Waals surface area (Å²) in [5.74, 6) is -1.41. The van der Waals surface area contributed by atoms with Gasteiger partial charge in [0.15, 0.2) is 0 Å². The molecule has 0 amide bonds. The number of aliphatic hydroxyl groups excluding tert-OH is 1. The SMILES string of the molecule is N[C@H](C(=O)O)[C@@H](O)CCl. The fraction of sp³-hybridized carbons (Fsp3) is 0.750. The van der Waals surface area contributed by atoms with Gasteiger partial charge in [-0.1, -0.05) is 0 Å². The molecule has 4 nitrogen and oxygen atoms in total. The summed E-state index contributed by atoms with van der Waals surface area (Å²) in [6, 6.07) is -1.28. The molecule has 0 aliphatic carbocycles. The van der Waals surface area contributed by atoms with Crippen LogP contribution in [0.1, 0.15) is 0 Å². The van der Waals surface area contributed by atoms with Crippen LogP contribution in [0.25, 0.3) is 0 Å². The minimum absolute atomic E-state index is 0.159. The number of hydrogen-bond donors (Lipinski definition) is 3. The van der Waals surface area contributed by atoms with E-state index in [9.17, 15) is 4.79 Å². The van der Waals surface area contributed by atoms with E-state index in [0.29, 0.717) is 0 Å². The van der Waals surface area contributed by atoms with Crippen LogP contribution in [-0.2, 0) is 4.79 Å². The largest absolute Gasteiger partial charge is 0.480 e. The molecule has 0 aliphatic heterocycles. The number of nitrogens with two attached hydrogens (primary N) is 1. The molecular formula is C4H8ClNO3. The van der Waals surface area contributed by atoms with E-state index in [2.05, 4.69) is 0 Å². The van der Waals surface area contributed by atoms with E-state index in [4.69, 9.17) is 27.5 Å². The minimum Gasteiger partial charge on any atom is -0.480 e. The van der Waals surface area contributed by atoms with Crippen LogP contribution in [0, 0.1) is 0 Å². The second-order valence-electron chi connectivity index (χ2n) is 1.59. The molecule has 0 rings (SSSR count). The van der Waals surface area contributed by atoms with Crippen molar-refractivity contribution in [3.63, 3.8) is 0 Å². The first kappa shape index (κ1) is 8.68. The van der Waals surface area contributed by atoms with Crippen molar-refractivity contribution in [2.24, 2.45) is 5.73 Å². The predicted octanol–water partition coefficient (Wildman–Crippen LogP) is -1.00. The van der Waals surface area contributed by atoms with Crippen molar-refractivity contribution < 1.29 is 15.0 Å². The summed E-state index contributed by atoms with van der Waals surface area (Å²) in [6.45, 7) is 0. The first-order chi connectivity index (χ1) is 4.09. The number of aliphatic carboxylic acids is 1. The van der Waals surface area contributed by atoms with Gasteiger partial charge in [-0.15, -0.1) is 11.6 Å². The Labute approximate surface area is 57.2 Å². The van der Waals surface area contributed by atoms with Gasteiger partial charge in [0.05, 0.1) is 12.0 Å². The van der Waals surface area contributed by atoms with E-state index in [-0.39, 0.29) is 5.88 Å². The maximum atomic E-state index is 9.96. The number of carboxylic acid groups (broad SMARTS) is 1. The molecule has 0 unspecified atom stereocenters. The standard InChI is InChI=1S/C4H8ClNO3/c5-1-2(7)3(6)4(8)9/h2-3,7H,1,6H2,(H,8,9)/t2-,3-/m0/s1. The first-order valence-electron chi connectivity index (χ1n) is 2.32. The third-order valence-electron chi connectivity index (χ3n) is 0.858. The highest BCUT2D eigenvalue weighted by Crippen LogP contribution is 1.92. The van der Waals surface area contributed by atoms with Crippen LogP contribution in [0.5, 0.6) is 0 Å². The Morgan fingerprint density at radius 1 is 1.78 bits per heavy atom. The Hall–Kier alpha value is -0.320. The van der Waals surface area contributed by atoms with Crippen LogP contribution in [0.15, 0.2) is 0 Å².